The lowest BCUT2D eigenvalue weighted by Crippen LogP contribution is -2.31. The van der Waals surface area contributed by atoms with Gasteiger partial charge in [0.05, 0.1) is 10.8 Å². The van der Waals surface area contributed by atoms with Gasteiger partial charge >= 0.3 is 5.97 Å². The maximum Gasteiger partial charge on any atom is 0.309 e. The minimum Gasteiger partial charge on any atom is -0.455 e. The number of rotatable bonds is 6. The number of nitrogens with zero attached hydrogens (tertiary/aromatic N) is 1. The highest BCUT2D eigenvalue weighted by molar-refractivity contribution is 7.89. The smallest absolute Gasteiger partial charge is 0.309 e. The van der Waals surface area contributed by atoms with Gasteiger partial charge in [-0.05, 0) is 49.9 Å². The predicted molar refractivity (Wildman–Crippen MR) is 96.0 cm³/mol. The maximum atomic E-state index is 12.7. The summed E-state index contributed by atoms with van der Waals surface area (Å²) in [5.41, 5.74) is 0.465. The largest absolute Gasteiger partial charge is 0.455 e. The summed E-state index contributed by atoms with van der Waals surface area (Å²) in [5.74, 6) is -0.826. The Kier molecular flexibility index (Phi) is 5.93. The van der Waals surface area contributed by atoms with Crippen LogP contribution >= 0.6 is 0 Å². The van der Waals surface area contributed by atoms with Crippen molar-refractivity contribution in [1.82, 2.24) is 4.31 Å². The van der Waals surface area contributed by atoms with Gasteiger partial charge in [0.25, 0.3) is 5.91 Å². The Bertz CT molecular complexity index is 748. The van der Waals surface area contributed by atoms with Gasteiger partial charge < -0.3 is 10.1 Å². The first-order chi connectivity index (χ1) is 12.5. The monoisotopic (exact) mass is 380 g/mol. The molecule has 1 aliphatic carbocycles. The fraction of sp³-hybridized carbons (Fsp3) is 0.556. The third kappa shape index (κ3) is 4.82. The van der Waals surface area contributed by atoms with E-state index in [1.54, 1.807) is 12.1 Å². The number of hydrogen-bond acceptors (Lipinski definition) is 5. The molecule has 1 aromatic rings. The summed E-state index contributed by atoms with van der Waals surface area (Å²) in [5, 5.41) is 2.60. The fourth-order valence-electron chi connectivity index (χ4n) is 2.91. The van der Waals surface area contributed by atoms with Crippen LogP contribution in [0, 0.1) is 5.92 Å². The van der Waals surface area contributed by atoms with Crippen molar-refractivity contribution in [2.45, 2.75) is 43.4 Å². The normalized spacial score (nSPS) is 18.8. The van der Waals surface area contributed by atoms with Gasteiger partial charge in [0.1, 0.15) is 0 Å². The topological polar surface area (TPSA) is 92.8 Å². The summed E-state index contributed by atoms with van der Waals surface area (Å²) in [4.78, 5) is 23.5. The molecule has 1 aromatic carbocycles. The van der Waals surface area contributed by atoms with E-state index in [4.69, 9.17) is 4.74 Å². The summed E-state index contributed by atoms with van der Waals surface area (Å²) in [6.07, 6.45) is 5.53. The molecule has 1 saturated carbocycles. The lowest BCUT2D eigenvalue weighted by molar-refractivity contribution is -0.148. The van der Waals surface area contributed by atoms with E-state index in [9.17, 15) is 18.0 Å². The second-order valence-corrected chi connectivity index (χ2v) is 8.71. The Balaban J connectivity index is 1.56. The van der Waals surface area contributed by atoms with Gasteiger partial charge in [0.15, 0.2) is 6.61 Å². The van der Waals surface area contributed by atoms with Crippen molar-refractivity contribution < 1.29 is 22.7 Å². The van der Waals surface area contributed by atoms with Gasteiger partial charge in [0.2, 0.25) is 10.0 Å². The van der Waals surface area contributed by atoms with Crippen LogP contribution in [-0.2, 0) is 24.3 Å². The van der Waals surface area contributed by atoms with Crippen molar-refractivity contribution in [2.75, 3.05) is 25.0 Å². The summed E-state index contributed by atoms with van der Waals surface area (Å²) < 4.78 is 31.9. The minimum atomic E-state index is -3.50. The first-order valence-corrected chi connectivity index (χ1v) is 10.5. The van der Waals surface area contributed by atoms with E-state index in [2.05, 4.69) is 5.32 Å². The number of sulfonamides is 1. The zero-order chi connectivity index (χ0) is 18.6. The molecule has 0 aromatic heterocycles. The molecule has 1 aliphatic heterocycles. The first-order valence-electron chi connectivity index (χ1n) is 9.03. The molecule has 7 nitrogen and oxygen atoms in total. The number of carbonyl (C=O) groups excluding carboxylic acids is 2. The van der Waals surface area contributed by atoms with Gasteiger partial charge in [-0.3, -0.25) is 9.59 Å². The number of anilines is 1. The molecule has 26 heavy (non-hydrogen) atoms. The number of nitrogens with one attached hydrogen (secondary N) is 1. The number of carbonyl (C=O) groups is 2. The highest BCUT2D eigenvalue weighted by Gasteiger charge is 2.31. The summed E-state index contributed by atoms with van der Waals surface area (Å²) in [6, 6.07) is 6.08. The van der Waals surface area contributed by atoms with Crippen LogP contribution in [0.5, 0.6) is 0 Å². The van der Waals surface area contributed by atoms with Crippen molar-refractivity contribution in [3.63, 3.8) is 0 Å². The summed E-state index contributed by atoms with van der Waals surface area (Å²) in [7, 11) is -3.50. The van der Waals surface area contributed by atoms with E-state index in [-0.39, 0.29) is 23.4 Å². The Labute approximate surface area is 153 Å². The molecule has 1 amide bonds. The third-order valence-electron chi connectivity index (χ3n) is 4.60. The van der Waals surface area contributed by atoms with Gasteiger partial charge in [-0.25, -0.2) is 8.42 Å². The maximum absolute atomic E-state index is 12.7. The van der Waals surface area contributed by atoms with E-state index in [1.165, 1.54) is 16.4 Å². The highest BCUT2D eigenvalue weighted by atomic mass is 32.2. The van der Waals surface area contributed by atoms with Crippen LogP contribution in [0.25, 0.3) is 0 Å². The molecule has 8 heteroatoms. The van der Waals surface area contributed by atoms with Crippen LogP contribution in [-0.4, -0.2) is 44.3 Å². The van der Waals surface area contributed by atoms with Crippen LogP contribution in [0.15, 0.2) is 29.2 Å². The van der Waals surface area contributed by atoms with Gasteiger partial charge in [-0.15, -0.1) is 0 Å². The third-order valence-corrected chi connectivity index (χ3v) is 6.51. The van der Waals surface area contributed by atoms with Crippen LogP contribution in [0.3, 0.4) is 0 Å². The quantitative estimate of drug-likeness (QED) is 0.763. The van der Waals surface area contributed by atoms with E-state index in [0.717, 1.165) is 38.5 Å². The number of benzene rings is 1. The van der Waals surface area contributed by atoms with Crippen molar-refractivity contribution >= 4 is 27.6 Å². The molecule has 3 rings (SSSR count). The standard InChI is InChI=1S/C18H24N2O5S/c21-17(13-25-18(22)14-5-6-14)19-15-7-9-16(10-8-15)26(23,24)20-11-3-1-2-4-12-20/h7-10,14H,1-6,11-13H2,(H,19,21). The molecule has 0 atom stereocenters. The van der Waals surface area contributed by atoms with E-state index in [1.807, 2.05) is 0 Å². The van der Waals surface area contributed by atoms with Crippen molar-refractivity contribution in [3.8, 4) is 0 Å². The van der Waals surface area contributed by atoms with Gasteiger partial charge in [-0.2, -0.15) is 4.31 Å². The summed E-state index contributed by atoms with van der Waals surface area (Å²) >= 11 is 0. The summed E-state index contributed by atoms with van der Waals surface area (Å²) in [6.45, 7) is 0.767. The second-order valence-electron chi connectivity index (χ2n) is 6.77. The molecule has 1 N–H and O–H groups in total. The van der Waals surface area contributed by atoms with Crippen LogP contribution in [0.1, 0.15) is 38.5 Å². The number of hydrogen-bond donors (Lipinski definition) is 1. The average Bonchev–Trinajstić information content (AvgIpc) is 3.46. The molecule has 2 aliphatic rings. The van der Waals surface area contributed by atoms with Gasteiger partial charge in [-0.1, -0.05) is 12.8 Å². The van der Waals surface area contributed by atoms with Crippen molar-refractivity contribution in [2.24, 2.45) is 5.92 Å². The Hall–Kier alpha value is -1.93. The van der Waals surface area contributed by atoms with E-state index >= 15 is 0 Å². The molecule has 1 saturated heterocycles. The Morgan fingerprint density at radius 2 is 1.65 bits per heavy atom. The van der Waals surface area contributed by atoms with Crippen molar-refractivity contribution in [1.29, 1.82) is 0 Å². The molecule has 0 bridgehead atoms. The lowest BCUT2D eigenvalue weighted by Gasteiger charge is -2.20. The van der Waals surface area contributed by atoms with Crippen molar-refractivity contribution in [3.05, 3.63) is 24.3 Å². The van der Waals surface area contributed by atoms with E-state index in [0.29, 0.717) is 18.8 Å². The highest BCUT2D eigenvalue weighted by Crippen LogP contribution is 2.30. The minimum absolute atomic E-state index is 0.0497. The average molecular weight is 380 g/mol. The molecule has 2 fully saturated rings. The molecule has 0 unspecified atom stereocenters. The fourth-order valence-corrected chi connectivity index (χ4v) is 4.43. The molecule has 142 valence electrons. The number of amides is 1. The Morgan fingerprint density at radius 1 is 1.04 bits per heavy atom. The molecular formula is C18H24N2O5S. The SMILES string of the molecule is O=C(COC(=O)C1CC1)Nc1ccc(S(=O)(=O)N2CCCCCC2)cc1. The zero-order valence-electron chi connectivity index (χ0n) is 14.6. The van der Waals surface area contributed by atoms with Gasteiger partial charge in [0, 0.05) is 18.8 Å². The lowest BCUT2D eigenvalue weighted by atomic mass is 10.2. The van der Waals surface area contributed by atoms with E-state index < -0.39 is 15.9 Å². The predicted octanol–water partition coefficient (Wildman–Crippen LogP) is 2.14. The second kappa shape index (κ2) is 8.18. The van der Waals surface area contributed by atoms with Crippen LogP contribution < -0.4 is 5.32 Å². The van der Waals surface area contributed by atoms with Crippen LogP contribution in [0.4, 0.5) is 5.69 Å². The first kappa shape index (κ1) is 18.8. The van der Waals surface area contributed by atoms with Crippen LogP contribution in [0.2, 0.25) is 0 Å². The number of esters is 1. The Morgan fingerprint density at radius 3 is 2.23 bits per heavy atom. The molecule has 0 radical (unpaired) electrons. The molecule has 1 heterocycles. The molecular weight excluding hydrogens is 356 g/mol. The number of ether oxygens (including phenoxy) is 1. The zero-order valence-corrected chi connectivity index (χ0v) is 15.5. The molecule has 0 spiro atoms.